The van der Waals surface area contributed by atoms with Crippen molar-refractivity contribution in [3.8, 4) is 0 Å². The number of carbonyl (C=O) groups is 2. The standard InChI is InChI=1S/C16H27NO2/c1-2-3-4-5-6-7-8-9-10-11-14-17-15(18)12-13-16(17)19/h12-13H,2-11,14H2,1H3. The van der Waals surface area contributed by atoms with Crippen molar-refractivity contribution in [1.29, 1.82) is 0 Å². The molecule has 19 heavy (non-hydrogen) atoms. The summed E-state index contributed by atoms with van der Waals surface area (Å²) in [5.41, 5.74) is 0. The predicted octanol–water partition coefficient (Wildman–Crippen LogP) is 3.83. The number of amides is 2. The highest BCUT2D eigenvalue weighted by Gasteiger charge is 2.21. The van der Waals surface area contributed by atoms with Gasteiger partial charge in [0, 0.05) is 18.7 Å². The van der Waals surface area contributed by atoms with Crippen molar-refractivity contribution in [2.24, 2.45) is 0 Å². The Bertz CT molecular complexity index is 292. The van der Waals surface area contributed by atoms with Crippen LogP contribution in [0.2, 0.25) is 0 Å². The lowest BCUT2D eigenvalue weighted by Crippen LogP contribution is -2.30. The van der Waals surface area contributed by atoms with E-state index < -0.39 is 0 Å². The molecule has 0 aromatic rings. The van der Waals surface area contributed by atoms with Crippen LogP contribution in [0.5, 0.6) is 0 Å². The first-order chi connectivity index (χ1) is 9.25. The Kier molecular flexibility index (Phi) is 8.19. The molecular weight excluding hydrogens is 238 g/mol. The maximum atomic E-state index is 11.3. The fourth-order valence-corrected chi connectivity index (χ4v) is 2.41. The van der Waals surface area contributed by atoms with E-state index in [-0.39, 0.29) is 11.8 Å². The third-order valence-electron chi connectivity index (χ3n) is 3.64. The van der Waals surface area contributed by atoms with Crippen LogP contribution >= 0.6 is 0 Å². The van der Waals surface area contributed by atoms with E-state index in [0.29, 0.717) is 6.54 Å². The first-order valence-electron chi connectivity index (χ1n) is 7.79. The van der Waals surface area contributed by atoms with Crippen LogP contribution in [0.1, 0.15) is 71.1 Å². The van der Waals surface area contributed by atoms with Crippen molar-refractivity contribution in [2.75, 3.05) is 6.54 Å². The lowest BCUT2D eigenvalue weighted by Gasteiger charge is -2.12. The van der Waals surface area contributed by atoms with Gasteiger partial charge in [0.15, 0.2) is 0 Å². The van der Waals surface area contributed by atoms with E-state index in [9.17, 15) is 9.59 Å². The molecule has 0 aromatic carbocycles. The molecule has 1 rings (SSSR count). The van der Waals surface area contributed by atoms with Gasteiger partial charge >= 0.3 is 0 Å². The lowest BCUT2D eigenvalue weighted by atomic mass is 10.1. The highest BCUT2D eigenvalue weighted by Crippen LogP contribution is 2.11. The molecule has 108 valence electrons. The van der Waals surface area contributed by atoms with Crippen LogP contribution in [0.3, 0.4) is 0 Å². The van der Waals surface area contributed by atoms with E-state index in [1.807, 2.05) is 0 Å². The second kappa shape index (κ2) is 9.76. The zero-order chi connectivity index (χ0) is 13.9. The normalized spacial score (nSPS) is 14.7. The summed E-state index contributed by atoms with van der Waals surface area (Å²) in [4.78, 5) is 23.9. The van der Waals surface area contributed by atoms with E-state index in [0.717, 1.165) is 12.8 Å². The molecule has 0 radical (unpaired) electrons. The van der Waals surface area contributed by atoms with Crippen molar-refractivity contribution in [3.63, 3.8) is 0 Å². The predicted molar refractivity (Wildman–Crippen MR) is 77.7 cm³/mol. The van der Waals surface area contributed by atoms with Crippen molar-refractivity contribution in [2.45, 2.75) is 71.1 Å². The second-order valence-electron chi connectivity index (χ2n) is 5.34. The third-order valence-corrected chi connectivity index (χ3v) is 3.64. The molecule has 0 saturated carbocycles. The van der Waals surface area contributed by atoms with Gasteiger partial charge in [0.1, 0.15) is 0 Å². The summed E-state index contributed by atoms with van der Waals surface area (Å²) >= 11 is 0. The molecule has 0 aliphatic carbocycles. The van der Waals surface area contributed by atoms with E-state index in [1.165, 1.54) is 68.4 Å². The van der Waals surface area contributed by atoms with Crippen molar-refractivity contribution >= 4 is 11.8 Å². The zero-order valence-corrected chi connectivity index (χ0v) is 12.2. The molecule has 1 heterocycles. The fourth-order valence-electron chi connectivity index (χ4n) is 2.41. The Labute approximate surface area is 117 Å². The molecule has 1 aliphatic heterocycles. The van der Waals surface area contributed by atoms with Gasteiger partial charge in [-0.1, -0.05) is 64.7 Å². The molecule has 3 heteroatoms. The number of unbranched alkanes of at least 4 members (excludes halogenated alkanes) is 9. The monoisotopic (exact) mass is 265 g/mol. The van der Waals surface area contributed by atoms with Gasteiger partial charge in [-0.15, -0.1) is 0 Å². The fraction of sp³-hybridized carbons (Fsp3) is 0.750. The van der Waals surface area contributed by atoms with E-state index in [4.69, 9.17) is 0 Å². The van der Waals surface area contributed by atoms with Gasteiger partial charge in [0.25, 0.3) is 11.8 Å². The summed E-state index contributed by atoms with van der Waals surface area (Å²) in [6, 6.07) is 0. The van der Waals surface area contributed by atoms with E-state index >= 15 is 0 Å². The molecular formula is C16H27NO2. The Morgan fingerprint density at radius 3 is 1.63 bits per heavy atom. The molecule has 0 unspecified atom stereocenters. The SMILES string of the molecule is CCCCCCCCCCCCN1C(=O)C=CC1=O. The minimum absolute atomic E-state index is 0.152. The zero-order valence-electron chi connectivity index (χ0n) is 12.2. The molecule has 0 fully saturated rings. The Hall–Kier alpha value is -1.12. The van der Waals surface area contributed by atoms with Gasteiger partial charge in [0.05, 0.1) is 0 Å². The minimum Gasteiger partial charge on any atom is -0.275 e. The van der Waals surface area contributed by atoms with Gasteiger partial charge in [-0.05, 0) is 6.42 Å². The van der Waals surface area contributed by atoms with Crippen LogP contribution in [0.15, 0.2) is 12.2 Å². The number of hydrogen-bond acceptors (Lipinski definition) is 2. The van der Waals surface area contributed by atoms with Crippen molar-refractivity contribution in [1.82, 2.24) is 4.90 Å². The molecule has 1 aliphatic rings. The van der Waals surface area contributed by atoms with Crippen LogP contribution in [-0.4, -0.2) is 23.3 Å². The Morgan fingerprint density at radius 1 is 0.737 bits per heavy atom. The average Bonchev–Trinajstić information content (AvgIpc) is 2.72. The van der Waals surface area contributed by atoms with Crippen molar-refractivity contribution < 1.29 is 9.59 Å². The molecule has 2 amide bonds. The third kappa shape index (κ3) is 6.55. The molecule has 0 atom stereocenters. The smallest absolute Gasteiger partial charge is 0.253 e. The van der Waals surface area contributed by atoms with E-state index in [2.05, 4.69) is 6.92 Å². The summed E-state index contributed by atoms with van der Waals surface area (Å²) in [7, 11) is 0. The molecule has 0 spiro atoms. The first-order valence-corrected chi connectivity index (χ1v) is 7.79. The van der Waals surface area contributed by atoms with Crippen LogP contribution in [0, 0.1) is 0 Å². The number of nitrogens with zero attached hydrogens (tertiary/aromatic N) is 1. The average molecular weight is 265 g/mol. The summed E-state index contributed by atoms with van der Waals surface area (Å²) in [6.45, 7) is 2.83. The summed E-state index contributed by atoms with van der Waals surface area (Å²) < 4.78 is 0. The number of imide groups is 1. The van der Waals surface area contributed by atoms with Gasteiger partial charge in [0.2, 0.25) is 0 Å². The van der Waals surface area contributed by atoms with E-state index in [1.54, 1.807) is 0 Å². The molecule has 0 aromatic heterocycles. The second-order valence-corrected chi connectivity index (χ2v) is 5.34. The minimum atomic E-state index is -0.152. The summed E-state index contributed by atoms with van der Waals surface area (Å²) in [6.07, 6.45) is 15.4. The van der Waals surface area contributed by atoms with Gasteiger partial charge in [-0.2, -0.15) is 0 Å². The van der Waals surface area contributed by atoms with Crippen LogP contribution in [-0.2, 0) is 9.59 Å². The van der Waals surface area contributed by atoms with Gasteiger partial charge < -0.3 is 0 Å². The molecule has 0 saturated heterocycles. The van der Waals surface area contributed by atoms with Crippen molar-refractivity contribution in [3.05, 3.63) is 12.2 Å². The molecule has 0 N–H and O–H groups in total. The Morgan fingerprint density at radius 2 is 1.16 bits per heavy atom. The maximum absolute atomic E-state index is 11.3. The quantitative estimate of drug-likeness (QED) is 0.420. The first kappa shape index (κ1) is 15.9. The lowest BCUT2D eigenvalue weighted by molar-refractivity contribution is -0.136. The largest absolute Gasteiger partial charge is 0.275 e. The van der Waals surface area contributed by atoms with Gasteiger partial charge in [-0.3, -0.25) is 14.5 Å². The summed E-state index contributed by atoms with van der Waals surface area (Å²) in [5.74, 6) is -0.304. The number of hydrogen-bond donors (Lipinski definition) is 0. The highest BCUT2D eigenvalue weighted by atomic mass is 16.2. The van der Waals surface area contributed by atoms with Crippen LogP contribution < -0.4 is 0 Å². The highest BCUT2D eigenvalue weighted by molar-refractivity contribution is 6.12. The number of carbonyl (C=O) groups excluding carboxylic acids is 2. The topological polar surface area (TPSA) is 37.4 Å². The van der Waals surface area contributed by atoms with Crippen LogP contribution in [0.4, 0.5) is 0 Å². The Balaban J connectivity index is 1.86. The van der Waals surface area contributed by atoms with Gasteiger partial charge in [-0.25, -0.2) is 0 Å². The molecule has 3 nitrogen and oxygen atoms in total. The molecule has 0 bridgehead atoms. The maximum Gasteiger partial charge on any atom is 0.253 e. The number of rotatable bonds is 11. The van der Waals surface area contributed by atoms with Crippen LogP contribution in [0.25, 0.3) is 0 Å². The summed E-state index contributed by atoms with van der Waals surface area (Å²) in [5, 5.41) is 0.